The van der Waals surface area contributed by atoms with Gasteiger partial charge in [-0.15, -0.1) is 20.4 Å². The maximum atomic E-state index is 6.05. The van der Waals surface area contributed by atoms with Crippen molar-refractivity contribution >= 4 is 21.7 Å². The highest BCUT2D eigenvalue weighted by molar-refractivity contribution is 9.10. The van der Waals surface area contributed by atoms with Crippen molar-refractivity contribution < 1.29 is 4.74 Å². The fourth-order valence-corrected chi connectivity index (χ4v) is 3.16. The minimum Gasteiger partial charge on any atom is -0.493 e. The summed E-state index contributed by atoms with van der Waals surface area (Å²) in [6, 6.07) is 9.92. The van der Waals surface area contributed by atoms with E-state index < -0.39 is 0 Å². The Labute approximate surface area is 165 Å². The lowest BCUT2D eigenvalue weighted by molar-refractivity contribution is 0.296. The first-order valence-corrected chi connectivity index (χ1v) is 9.76. The molecule has 0 aliphatic heterocycles. The molecule has 0 radical (unpaired) electrons. The van der Waals surface area contributed by atoms with Crippen molar-refractivity contribution in [3.63, 3.8) is 0 Å². The molecule has 0 bridgehead atoms. The molecule has 0 spiro atoms. The number of tetrazole rings is 1. The fraction of sp³-hybridized carbons (Fsp3) is 0.389. The Morgan fingerprint density at radius 3 is 2.74 bits per heavy atom. The van der Waals surface area contributed by atoms with Gasteiger partial charge in [0.15, 0.2) is 5.82 Å². The summed E-state index contributed by atoms with van der Waals surface area (Å²) in [4.78, 5) is 2.15. The molecule has 27 heavy (non-hydrogen) atoms. The van der Waals surface area contributed by atoms with Crippen LogP contribution >= 0.6 is 15.9 Å². The largest absolute Gasteiger partial charge is 0.493 e. The number of aromatic amines is 1. The molecule has 0 saturated heterocycles. The van der Waals surface area contributed by atoms with Gasteiger partial charge in [0.25, 0.3) is 0 Å². The van der Waals surface area contributed by atoms with Crippen LogP contribution in [0.15, 0.2) is 34.8 Å². The quantitative estimate of drug-likeness (QED) is 0.587. The molecule has 2 heterocycles. The highest BCUT2D eigenvalue weighted by Crippen LogP contribution is 2.32. The van der Waals surface area contributed by atoms with E-state index in [2.05, 4.69) is 64.6 Å². The summed E-state index contributed by atoms with van der Waals surface area (Å²) in [7, 11) is 0. The summed E-state index contributed by atoms with van der Waals surface area (Å²) in [5.74, 6) is 2.87. The SMILES string of the molecule is CCN(Cc1cc(Br)ccc1OCC1CC1)c1ccc(-c2nn[nH]n2)nn1. The van der Waals surface area contributed by atoms with E-state index in [4.69, 9.17) is 4.74 Å². The van der Waals surface area contributed by atoms with Crippen molar-refractivity contribution in [2.75, 3.05) is 18.1 Å². The molecule has 140 valence electrons. The molecule has 1 N–H and O–H groups in total. The average molecular weight is 430 g/mol. The summed E-state index contributed by atoms with van der Waals surface area (Å²) < 4.78 is 7.09. The maximum absolute atomic E-state index is 6.05. The van der Waals surface area contributed by atoms with E-state index in [9.17, 15) is 0 Å². The van der Waals surface area contributed by atoms with Crippen LogP contribution in [0.2, 0.25) is 0 Å². The molecule has 1 saturated carbocycles. The van der Waals surface area contributed by atoms with Crippen LogP contribution in [-0.2, 0) is 6.54 Å². The van der Waals surface area contributed by atoms with Crippen molar-refractivity contribution in [3.8, 4) is 17.3 Å². The van der Waals surface area contributed by atoms with Crippen LogP contribution in [0.4, 0.5) is 5.82 Å². The Hall–Kier alpha value is -2.55. The Kier molecular flexibility index (Phi) is 5.28. The molecular weight excluding hydrogens is 410 g/mol. The van der Waals surface area contributed by atoms with Crippen molar-refractivity contribution in [1.29, 1.82) is 0 Å². The summed E-state index contributed by atoms with van der Waals surface area (Å²) in [5.41, 5.74) is 1.70. The number of rotatable bonds is 8. The highest BCUT2D eigenvalue weighted by Gasteiger charge is 2.22. The third-order valence-electron chi connectivity index (χ3n) is 4.49. The summed E-state index contributed by atoms with van der Waals surface area (Å²) in [6.07, 6.45) is 2.55. The molecule has 0 unspecified atom stereocenters. The average Bonchev–Trinajstić information content (AvgIpc) is 3.36. The number of nitrogens with one attached hydrogen (secondary N) is 1. The smallest absolute Gasteiger partial charge is 0.224 e. The van der Waals surface area contributed by atoms with Gasteiger partial charge in [-0.1, -0.05) is 15.9 Å². The van der Waals surface area contributed by atoms with Crippen LogP contribution in [0.1, 0.15) is 25.3 Å². The standard InChI is InChI=1S/C18H20BrN7O/c1-2-26(17-8-6-15(20-21-17)18-22-24-25-23-18)10-13-9-14(19)5-7-16(13)27-11-12-3-4-12/h5-9,12H,2-4,10-11H2,1H3,(H,22,23,24,25). The van der Waals surface area contributed by atoms with Crippen LogP contribution in [0, 0.1) is 5.92 Å². The second kappa shape index (κ2) is 7.99. The number of anilines is 1. The number of halogens is 1. The Bertz CT molecular complexity index is 881. The Morgan fingerprint density at radius 2 is 2.07 bits per heavy atom. The van der Waals surface area contributed by atoms with Gasteiger partial charge in [0.05, 0.1) is 6.61 Å². The number of aromatic nitrogens is 6. The van der Waals surface area contributed by atoms with E-state index in [-0.39, 0.29) is 0 Å². The van der Waals surface area contributed by atoms with Gasteiger partial charge in [0.1, 0.15) is 11.4 Å². The molecule has 1 aromatic carbocycles. The maximum Gasteiger partial charge on any atom is 0.224 e. The van der Waals surface area contributed by atoms with Crippen LogP contribution < -0.4 is 9.64 Å². The molecule has 1 aliphatic carbocycles. The van der Waals surface area contributed by atoms with E-state index >= 15 is 0 Å². The first kappa shape index (κ1) is 17.8. The van der Waals surface area contributed by atoms with Crippen LogP contribution in [0.25, 0.3) is 11.5 Å². The van der Waals surface area contributed by atoms with Crippen molar-refractivity contribution in [2.24, 2.45) is 5.92 Å². The minimum absolute atomic E-state index is 0.430. The van der Waals surface area contributed by atoms with Gasteiger partial charge >= 0.3 is 0 Å². The van der Waals surface area contributed by atoms with Gasteiger partial charge in [-0.3, -0.25) is 0 Å². The van der Waals surface area contributed by atoms with Crippen molar-refractivity contribution in [3.05, 3.63) is 40.4 Å². The monoisotopic (exact) mass is 429 g/mol. The van der Waals surface area contributed by atoms with Gasteiger partial charge < -0.3 is 9.64 Å². The van der Waals surface area contributed by atoms with Crippen LogP contribution in [0.5, 0.6) is 5.75 Å². The molecule has 3 aromatic rings. The van der Waals surface area contributed by atoms with E-state index in [1.165, 1.54) is 12.8 Å². The first-order chi connectivity index (χ1) is 13.2. The van der Waals surface area contributed by atoms with Crippen LogP contribution in [0.3, 0.4) is 0 Å². The number of benzene rings is 1. The van der Waals surface area contributed by atoms with Gasteiger partial charge in [0.2, 0.25) is 5.82 Å². The van der Waals surface area contributed by atoms with E-state index in [1.807, 2.05) is 24.3 Å². The molecule has 4 rings (SSSR count). The topological polar surface area (TPSA) is 92.7 Å². The zero-order chi connectivity index (χ0) is 18.6. The number of ether oxygens (including phenoxy) is 1. The zero-order valence-electron chi connectivity index (χ0n) is 15.0. The number of hydrogen-bond acceptors (Lipinski definition) is 7. The lowest BCUT2D eigenvalue weighted by Gasteiger charge is -2.23. The zero-order valence-corrected chi connectivity index (χ0v) is 16.6. The van der Waals surface area contributed by atoms with Crippen molar-refractivity contribution in [1.82, 2.24) is 30.8 Å². The predicted molar refractivity (Wildman–Crippen MR) is 104 cm³/mol. The summed E-state index contributed by atoms with van der Waals surface area (Å²) >= 11 is 3.56. The van der Waals surface area contributed by atoms with Gasteiger partial charge in [0, 0.05) is 23.1 Å². The molecule has 0 amide bonds. The van der Waals surface area contributed by atoms with Crippen molar-refractivity contribution in [2.45, 2.75) is 26.3 Å². The van der Waals surface area contributed by atoms with Gasteiger partial charge in [-0.25, -0.2) is 0 Å². The Morgan fingerprint density at radius 1 is 1.19 bits per heavy atom. The second-order valence-electron chi connectivity index (χ2n) is 6.53. The van der Waals surface area contributed by atoms with E-state index in [1.54, 1.807) is 0 Å². The third-order valence-corrected chi connectivity index (χ3v) is 4.98. The molecule has 1 aliphatic rings. The highest BCUT2D eigenvalue weighted by atomic mass is 79.9. The number of nitrogens with zero attached hydrogens (tertiary/aromatic N) is 6. The number of H-pyrrole nitrogens is 1. The van der Waals surface area contributed by atoms with Crippen LogP contribution in [-0.4, -0.2) is 44.0 Å². The summed E-state index contributed by atoms with van der Waals surface area (Å²) in [6.45, 7) is 4.37. The molecule has 9 heteroatoms. The summed E-state index contributed by atoms with van der Waals surface area (Å²) in [5, 5.41) is 22.4. The third kappa shape index (κ3) is 4.41. The second-order valence-corrected chi connectivity index (χ2v) is 7.45. The fourth-order valence-electron chi connectivity index (χ4n) is 2.75. The molecule has 0 atom stereocenters. The van der Waals surface area contributed by atoms with E-state index in [0.29, 0.717) is 24.0 Å². The predicted octanol–water partition coefficient (Wildman–Crippen LogP) is 3.23. The first-order valence-electron chi connectivity index (χ1n) is 8.96. The lowest BCUT2D eigenvalue weighted by atomic mass is 10.2. The minimum atomic E-state index is 0.430. The molecular formula is C18H20BrN7O. The number of hydrogen-bond donors (Lipinski definition) is 1. The normalized spacial score (nSPS) is 13.6. The molecule has 1 fully saturated rings. The lowest BCUT2D eigenvalue weighted by Crippen LogP contribution is -2.24. The molecule has 2 aromatic heterocycles. The molecule has 8 nitrogen and oxygen atoms in total. The van der Waals surface area contributed by atoms with E-state index in [0.717, 1.165) is 34.8 Å². The Balaban J connectivity index is 1.52. The van der Waals surface area contributed by atoms with Gasteiger partial charge in [-0.2, -0.15) is 5.21 Å². The van der Waals surface area contributed by atoms with Gasteiger partial charge in [-0.05, 0) is 61.2 Å².